The molecule has 0 atom stereocenters. The summed E-state index contributed by atoms with van der Waals surface area (Å²) >= 11 is 9.54. The monoisotopic (exact) mass is 445 g/mol. The molecule has 1 amide bonds. The Morgan fingerprint density at radius 2 is 1.89 bits per heavy atom. The predicted octanol–water partition coefficient (Wildman–Crippen LogP) is 5.11. The van der Waals surface area contributed by atoms with Gasteiger partial charge in [-0.3, -0.25) is 14.3 Å². The number of aryl methyl sites for hydroxylation is 2. The third-order valence-corrected chi connectivity index (χ3v) is 4.93. The van der Waals surface area contributed by atoms with E-state index in [1.54, 1.807) is 53.2 Å². The van der Waals surface area contributed by atoms with Crippen molar-refractivity contribution in [2.24, 2.45) is 0 Å². The fraction of sp³-hybridized carbons (Fsp3) is 0.150. The standard InChI is InChI=1S/C20H17BrClN3O2/c1-3-25-12(2)10-18(24-25)20(27)23-17-9-8-13(21)11-15(17)19(26)14-6-4-5-7-16(14)22/h4-11H,3H2,1-2H3,(H,23,27). The van der Waals surface area contributed by atoms with Crippen LogP contribution in [0, 0.1) is 6.92 Å². The van der Waals surface area contributed by atoms with E-state index in [4.69, 9.17) is 11.6 Å². The zero-order valence-electron chi connectivity index (χ0n) is 14.8. The fourth-order valence-electron chi connectivity index (χ4n) is 2.73. The second kappa shape index (κ2) is 8.06. The molecule has 138 valence electrons. The molecular weight excluding hydrogens is 430 g/mol. The quantitative estimate of drug-likeness (QED) is 0.554. The number of nitrogens with one attached hydrogen (secondary N) is 1. The predicted molar refractivity (Wildman–Crippen MR) is 110 cm³/mol. The normalized spacial score (nSPS) is 10.7. The SMILES string of the molecule is CCn1nc(C(=O)Nc2ccc(Br)cc2C(=O)c2ccccc2Cl)cc1C. The number of hydrogen-bond donors (Lipinski definition) is 1. The molecule has 0 aliphatic carbocycles. The molecule has 3 aromatic rings. The van der Waals surface area contributed by atoms with Gasteiger partial charge in [0.1, 0.15) is 0 Å². The van der Waals surface area contributed by atoms with Crippen LogP contribution in [0.4, 0.5) is 5.69 Å². The summed E-state index contributed by atoms with van der Waals surface area (Å²) in [5.41, 5.74) is 2.31. The molecular formula is C20H17BrClN3O2. The van der Waals surface area contributed by atoms with E-state index in [1.165, 1.54) is 0 Å². The number of halogens is 2. The van der Waals surface area contributed by atoms with Crippen molar-refractivity contribution in [3.05, 3.63) is 80.5 Å². The van der Waals surface area contributed by atoms with Gasteiger partial charge in [0, 0.05) is 27.8 Å². The molecule has 0 saturated heterocycles. The number of hydrogen-bond acceptors (Lipinski definition) is 3. The first-order valence-electron chi connectivity index (χ1n) is 8.35. The van der Waals surface area contributed by atoms with Crippen LogP contribution in [-0.4, -0.2) is 21.5 Å². The Labute approximate surface area is 170 Å². The lowest BCUT2D eigenvalue weighted by Crippen LogP contribution is -2.16. The van der Waals surface area contributed by atoms with Crippen molar-refractivity contribution in [2.75, 3.05) is 5.32 Å². The van der Waals surface area contributed by atoms with Gasteiger partial charge in [0.05, 0.1) is 10.7 Å². The van der Waals surface area contributed by atoms with Crippen molar-refractivity contribution in [1.82, 2.24) is 9.78 Å². The summed E-state index contributed by atoms with van der Waals surface area (Å²) in [7, 11) is 0. The maximum atomic E-state index is 13.0. The molecule has 3 rings (SSSR count). The summed E-state index contributed by atoms with van der Waals surface area (Å²) in [6.07, 6.45) is 0. The van der Waals surface area contributed by atoms with Gasteiger partial charge in [-0.15, -0.1) is 0 Å². The molecule has 1 heterocycles. The van der Waals surface area contributed by atoms with Gasteiger partial charge in [-0.05, 0) is 50.2 Å². The number of carbonyl (C=O) groups is 2. The highest BCUT2D eigenvalue weighted by atomic mass is 79.9. The first kappa shape index (κ1) is 19.3. The number of anilines is 1. The van der Waals surface area contributed by atoms with Crippen LogP contribution in [-0.2, 0) is 6.54 Å². The second-order valence-corrected chi connectivity index (χ2v) is 7.26. The highest BCUT2D eigenvalue weighted by Gasteiger charge is 2.19. The summed E-state index contributed by atoms with van der Waals surface area (Å²) in [6, 6.07) is 13.6. The van der Waals surface area contributed by atoms with Crippen molar-refractivity contribution in [1.29, 1.82) is 0 Å². The van der Waals surface area contributed by atoms with Gasteiger partial charge in [0.2, 0.25) is 0 Å². The Kier molecular flexibility index (Phi) is 5.77. The largest absolute Gasteiger partial charge is 0.320 e. The molecule has 1 N–H and O–H groups in total. The summed E-state index contributed by atoms with van der Waals surface area (Å²) in [5, 5.41) is 7.43. The number of rotatable bonds is 5. The number of carbonyl (C=O) groups excluding carboxylic acids is 2. The van der Waals surface area contributed by atoms with Gasteiger partial charge in [-0.2, -0.15) is 5.10 Å². The molecule has 0 spiro atoms. The average Bonchev–Trinajstić information content (AvgIpc) is 3.04. The fourth-order valence-corrected chi connectivity index (χ4v) is 3.31. The zero-order valence-corrected chi connectivity index (χ0v) is 17.1. The smallest absolute Gasteiger partial charge is 0.276 e. The van der Waals surface area contributed by atoms with Gasteiger partial charge < -0.3 is 5.32 Å². The molecule has 0 fully saturated rings. The Bertz CT molecular complexity index is 1030. The topological polar surface area (TPSA) is 64.0 Å². The third kappa shape index (κ3) is 4.12. The van der Waals surface area contributed by atoms with Crippen LogP contribution in [0.5, 0.6) is 0 Å². The highest BCUT2D eigenvalue weighted by molar-refractivity contribution is 9.10. The van der Waals surface area contributed by atoms with E-state index < -0.39 is 0 Å². The maximum Gasteiger partial charge on any atom is 0.276 e. The number of ketones is 1. The molecule has 2 aromatic carbocycles. The van der Waals surface area contributed by atoms with Crippen LogP contribution in [0.15, 0.2) is 53.0 Å². The van der Waals surface area contributed by atoms with Crippen LogP contribution in [0.2, 0.25) is 5.02 Å². The molecule has 0 unspecified atom stereocenters. The molecule has 0 aliphatic heterocycles. The van der Waals surface area contributed by atoms with Gasteiger partial charge in [0.15, 0.2) is 11.5 Å². The van der Waals surface area contributed by atoms with Crippen LogP contribution in [0.3, 0.4) is 0 Å². The van der Waals surface area contributed by atoms with Crippen molar-refractivity contribution in [2.45, 2.75) is 20.4 Å². The minimum Gasteiger partial charge on any atom is -0.320 e. The Morgan fingerprint density at radius 3 is 2.56 bits per heavy atom. The van der Waals surface area contributed by atoms with E-state index in [1.807, 2.05) is 13.8 Å². The highest BCUT2D eigenvalue weighted by Crippen LogP contribution is 2.27. The summed E-state index contributed by atoms with van der Waals surface area (Å²) < 4.78 is 2.47. The van der Waals surface area contributed by atoms with Crippen molar-refractivity contribution < 1.29 is 9.59 Å². The Morgan fingerprint density at radius 1 is 1.15 bits per heavy atom. The van der Waals surface area contributed by atoms with Crippen molar-refractivity contribution in [3.8, 4) is 0 Å². The zero-order chi connectivity index (χ0) is 19.6. The average molecular weight is 447 g/mol. The number of amides is 1. The number of aromatic nitrogens is 2. The summed E-state index contributed by atoms with van der Waals surface area (Å²) in [4.78, 5) is 25.6. The first-order chi connectivity index (χ1) is 12.9. The maximum absolute atomic E-state index is 13.0. The van der Waals surface area contributed by atoms with E-state index in [0.29, 0.717) is 34.1 Å². The van der Waals surface area contributed by atoms with Gasteiger partial charge in [-0.1, -0.05) is 39.7 Å². The van der Waals surface area contributed by atoms with Crippen LogP contribution in [0.25, 0.3) is 0 Å². The second-order valence-electron chi connectivity index (χ2n) is 5.94. The lowest BCUT2D eigenvalue weighted by molar-refractivity contribution is 0.102. The molecule has 1 aromatic heterocycles. The lowest BCUT2D eigenvalue weighted by Gasteiger charge is -2.11. The first-order valence-corrected chi connectivity index (χ1v) is 9.52. The van der Waals surface area contributed by atoms with Gasteiger partial charge >= 0.3 is 0 Å². The van der Waals surface area contributed by atoms with Gasteiger partial charge in [-0.25, -0.2) is 0 Å². The van der Waals surface area contributed by atoms with Crippen LogP contribution >= 0.6 is 27.5 Å². The minimum atomic E-state index is -0.374. The van der Waals surface area contributed by atoms with Gasteiger partial charge in [0.25, 0.3) is 5.91 Å². The molecule has 7 heteroatoms. The number of benzene rings is 2. The minimum absolute atomic E-state index is 0.271. The van der Waals surface area contributed by atoms with Crippen LogP contribution in [0.1, 0.15) is 39.0 Å². The molecule has 5 nitrogen and oxygen atoms in total. The van der Waals surface area contributed by atoms with Crippen molar-refractivity contribution in [3.63, 3.8) is 0 Å². The van der Waals surface area contributed by atoms with Crippen LogP contribution < -0.4 is 5.32 Å². The lowest BCUT2D eigenvalue weighted by atomic mass is 10.0. The molecule has 0 radical (unpaired) electrons. The van der Waals surface area contributed by atoms with E-state index >= 15 is 0 Å². The third-order valence-electron chi connectivity index (χ3n) is 4.11. The summed E-state index contributed by atoms with van der Waals surface area (Å²) in [6.45, 7) is 4.52. The summed E-state index contributed by atoms with van der Waals surface area (Å²) in [5.74, 6) is -0.645. The van der Waals surface area contributed by atoms with E-state index in [2.05, 4.69) is 26.3 Å². The van der Waals surface area contributed by atoms with E-state index in [9.17, 15) is 9.59 Å². The number of nitrogens with zero attached hydrogens (tertiary/aromatic N) is 2. The molecule has 0 aliphatic rings. The molecule has 0 bridgehead atoms. The Hall–Kier alpha value is -2.44. The molecule has 27 heavy (non-hydrogen) atoms. The van der Waals surface area contributed by atoms with E-state index in [0.717, 1.165) is 10.2 Å². The Balaban J connectivity index is 1.95. The van der Waals surface area contributed by atoms with E-state index in [-0.39, 0.29) is 11.7 Å². The molecule has 0 saturated carbocycles. The van der Waals surface area contributed by atoms with Crippen molar-refractivity contribution >= 4 is 44.9 Å².